The molecule has 1 aliphatic rings. The van der Waals surface area contributed by atoms with E-state index < -0.39 is 12.1 Å². The third-order valence-corrected chi connectivity index (χ3v) is 3.35. The summed E-state index contributed by atoms with van der Waals surface area (Å²) in [6, 6.07) is 0.622. The van der Waals surface area contributed by atoms with Crippen LogP contribution in [0.3, 0.4) is 0 Å². The Hall–Kier alpha value is -1.77. The third kappa shape index (κ3) is 6.33. The van der Waals surface area contributed by atoms with Gasteiger partial charge in [-0.2, -0.15) is 18.3 Å². The van der Waals surface area contributed by atoms with Crippen LogP contribution in [0.25, 0.3) is 0 Å². The molecule has 1 saturated heterocycles. The number of hydrogen-bond donors (Lipinski definition) is 2. The number of nitrogens with one attached hydrogen (secondary N) is 1. The molecule has 126 valence electrons. The van der Waals surface area contributed by atoms with Gasteiger partial charge in [0.05, 0.1) is 11.9 Å². The van der Waals surface area contributed by atoms with Gasteiger partial charge in [0.15, 0.2) is 0 Å². The second-order valence-electron chi connectivity index (χ2n) is 5.06. The van der Waals surface area contributed by atoms with Gasteiger partial charge in [-0.05, 0) is 19.4 Å². The van der Waals surface area contributed by atoms with E-state index in [2.05, 4.69) is 22.2 Å². The van der Waals surface area contributed by atoms with Crippen LogP contribution in [0.5, 0.6) is 0 Å². The molecule has 22 heavy (non-hydrogen) atoms. The first-order valence-corrected chi connectivity index (χ1v) is 7.00. The monoisotopic (exact) mass is 322 g/mol. The summed E-state index contributed by atoms with van der Waals surface area (Å²) in [5.74, 6) is -2.76. The van der Waals surface area contributed by atoms with E-state index in [0.717, 1.165) is 5.69 Å². The van der Waals surface area contributed by atoms with Crippen LogP contribution in [0.1, 0.15) is 19.8 Å². The van der Waals surface area contributed by atoms with Gasteiger partial charge in [0.2, 0.25) is 0 Å². The molecule has 0 amide bonds. The molecule has 1 aromatic rings. The van der Waals surface area contributed by atoms with Gasteiger partial charge < -0.3 is 15.3 Å². The quantitative estimate of drug-likeness (QED) is 0.890. The normalized spacial score (nSPS) is 16.8. The second kappa shape index (κ2) is 8.02. The summed E-state index contributed by atoms with van der Waals surface area (Å²) in [5, 5.41) is 14.8. The average molecular weight is 322 g/mol. The maximum absolute atomic E-state index is 10.6. The highest BCUT2D eigenvalue weighted by Crippen LogP contribution is 2.15. The average Bonchev–Trinajstić information content (AvgIpc) is 2.84. The molecule has 1 aliphatic heterocycles. The van der Waals surface area contributed by atoms with Gasteiger partial charge in [0.1, 0.15) is 0 Å². The summed E-state index contributed by atoms with van der Waals surface area (Å²) >= 11 is 0. The molecule has 9 heteroatoms. The number of alkyl halides is 3. The Bertz CT molecular complexity index is 468. The van der Waals surface area contributed by atoms with E-state index in [1.807, 2.05) is 24.1 Å². The number of hydrogen-bond acceptors (Lipinski definition) is 4. The van der Waals surface area contributed by atoms with Crippen molar-refractivity contribution in [1.29, 1.82) is 0 Å². The van der Waals surface area contributed by atoms with Crippen LogP contribution in [0.4, 0.5) is 18.9 Å². The van der Waals surface area contributed by atoms with Crippen LogP contribution in [-0.4, -0.2) is 57.6 Å². The lowest BCUT2D eigenvalue weighted by Crippen LogP contribution is -2.38. The third-order valence-electron chi connectivity index (χ3n) is 3.35. The number of carboxylic acid groups (broad SMARTS) is 1. The minimum absolute atomic E-state index is 0.622. The fourth-order valence-corrected chi connectivity index (χ4v) is 2.12. The van der Waals surface area contributed by atoms with E-state index in [4.69, 9.17) is 9.90 Å². The number of halogens is 3. The molecule has 2 heterocycles. The summed E-state index contributed by atoms with van der Waals surface area (Å²) in [5.41, 5.74) is 1.15. The molecular formula is C13H21F3N4O2. The van der Waals surface area contributed by atoms with Gasteiger partial charge in [-0.15, -0.1) is 0 Å². The lowest BCUT2D eigenvalue weighted by Gasteiger charge is -2.31. The Morgan fingerprint density at radius 1 is 1.45 bits per heavy atom. The molecule has 0 unspecified atom stereocenters. The highest BCUT2D eigenvalue weighted by Gasteiger charge is 2.38. The molecule has 1 fully saturated rings. The zero-order chi connectivity index (χ0) is 16.8. The van der Waals surface area contributed by atoms with Crippen LogP contribution < -0.4 is 5.32 Å². The summed E-state index contributed by atoms with van der Waals surface area (Å²) in [4.78, 5) is 11.4. The van der Waals surface area contributed by atoms with Crippen molar-refractivity contribution < 1.29 is 23.1 Å². The largest absolute Gasteiger partial charge is 0.490 e. The first-order chi connectivity index (χ1) is 10.2. The van der Waals surface area contributed by atoms with E-state index in [9.17, 15) is 13.2 Å². The Balaban J connectivity index is 0.000000295. The number of piperidine rings is 1. The number of aromatic nitrogens is 2. The van der Waals surface area contributed by atoms with E-state index in [0.29, 0.717) is 6.04 Å². The highest BCUT2D eigenvalue weighted by molar-refractivity contribution is 5.73. The minimum atomic E-state index is -5.08. The number of nitrogens with zero attached hydrogens (tertiary/aromatic N) is 3. The van der Waals surface area contributed by atoms with Crippen LogP contribution in [0, 0.1) is 0 Å². The Morgan fingerprint density at radius 3 is 2.36 bits per heavy atom. The van der Waals surface area contributed by atoms with Crippen molar-refractivity contribution >= 4 is 11.7 Å². The maximum Gasteiger partial charge on any atom is 0.490 e. The molecule has 0 aromatic carbocycles. The predicted octanol–water partition coefficient (Wildman–Crippen LogP) is 1.95. The molecule has 2 rings (SSSR count). The molecule has 6 nitrogen and oxygen atoms in total. The molecule has 1 aromatic heterocycles. The molecule has 0 bridgehead atoms. The van der Waals surface area contributed by atoms with Gasteiger partial charge >= 0.3 is 12.1 Å². The zero-order valence-electron chi connectivity index (χ0n) is 12.6. The van der Waals surface area contributed by atoms with Crippen LogP contribution in [0.15, 0.2) is 12.4 Å². The first kappa shape index (κ1) is 18.3. The van der Waals surface area contributed by atoms with Crippen LogP contribution in [-0.2, 0) is 11.8 Å². The fourth-order valence-electron chi connectivity index (χ4n) is 2.12. The number of anilines is 1. The highest BCUT2D eigenvalue weighted by atomic mass is 19.4. The first-order valence-electron chi connectivity index (χ1n) is 7.00. The summed E-state index contributed by atoms with van der Waals surface area (Å²) < 4.78 is 33.6. The number of likely N-dealkylation sites (tertiary alicyclic amines) is 1. The van der Waals surface area contributed by atoms with Crippen molar-refractivity contribution in [3.05, 3.63) is 12.4 Å². The molecule has 0 radical (unpaired) electrons. The van der Waals surface area contributed by atoms with Crippen molar-refractivity contribution in [3.63, 3.8) is 0 Å². The van der Waals surface area contributed by atoms with E-state index in [1.54, 1.807) is 0 Å². The van der Waals surface area contributed by atoms with Gasteiger partial charge in [0.25, 0.3) is 0 Å². The number of carboxylic acids is 1. The lowest BCUT2D eigenvalue weighted by atomic mass is 10.1. The number of aliphatic carboxylic acids is 1. The van der Waals surface area contributed by atoms with Crippen molar-refractivity contribution in [2.24, 2.45) is 7.05 Å². The number of carbonyl (C=O) groups is 1. The van der Waals surface area contributed by atoms with Crippen LogP contribution in [0.2, 0.25) is 0 Å². The fraction of sp³-hybridized carbons (Fsp3) is 0.692. The SMILES string of the molecule is CCN1CCC(Nc2cnn(C)c2)CC1.O=C(O)C(F)(F)F. The van der Waals surface area contributed by atoms with Gasteiger partial charge in [-0.25, -0.2) is 4.79 Å². The van der Waals surface area contributed by atoms with Gasteiger partial charge in [-0.3, -0.25) is 4.68 Å². The standard InChI is InChI=1S/C11H20N4.C2HF3O2/c1-3-15-6-4-10(5-7-15)13-11-8-12-14(2)9-11;3-2(4,5)1(6)7/h8-10,13H,3-7H2,1-2H3;(H,6,7). The Labute approximate surface area is 126 Å². The Kier molecular flexibility index (Phi) is 6.66. The predicted molar refractivity (Wildman–Crippen MR) is 75.7 cm³/mol. The zero-order valence-corrected chi connectivity index (χ0v) is 12.6. The minimum Gasteiger partial charge on any atom is -0.475 e. The summed E-state index contributed by atoms with van der Waals surface area (Å²) in [7, 11) is 1.95. The molecule has 0 atom stereocenters. The van der Waals surface area contributed by atoms with Crippen molar-refractivity contribution in [2.45, 2.75) is 32.0 Å². The van der Waals surface area contributed by atoms with Crippen molar-refractivity contribution in [2.75, 3.05) is 25.0 Å². The van der Waals surface area contributed by atoms with Crippen LogP contribution >= 0.6 is 0 Å². The van der Waals surface area contributed by atoms with Gasteiger partial charge in [0, 0.05) is 32.4 Å². The smallest absolute Gasteiger partial charge is 0.475 e. The number of aryl methyl sites for hydroxylation is 1. The molecule has 0 saturated carbocycles. The van der Waals surface area contributed by atoms with Gasteiger partial charge in [-0.1, -0.05) is 6.92 Å². The van der Waals surface area contributed by atoms with Crippen molar-refractivity contribution in [3.8, 4) is 0 Å². The topological polar surface area (TPSA) is 70.4 Å². The summed E-state index contributed by atoms with van der Waals surface area (Å²) in [6.07, 6.45) is 1.32. The second-order valence-corrected chi connectivity index (χ2v) is 5.06. The molecule has 2 N–H and O–H groups in total. The summed E-state index contributed by atoms with van der Waals surface area (Å²) in [6.45, 7) is 5.84. The van der Waals surface area contributed by atoms with Crippen molar-refractivity contribution in [1.82, 2.24) is 14.7 Å². The lowest BCUT2D eigenvalue weighted by molar-refractivity contribution is -0.192. The van der Waals surface area contributed by atoms with E-state index in [1.165, 1.54) is 32.5 Å². The Morgan fingerprint density at radius 2 is 2.00 bits per heavy atom. The molecule has 0 spiro atoms. The number of rotatable bonds is 3. The maximum atomic E-state index is 10.6. The van der Waals surface area contributed by atoms with E-state index in [-0.39, 0.29) is 0 Å². The molecule has 0 aliphatic carbocycles. The molecular weight excluding hydrogens is 301 g/mol. The van der Waals surface area contributed by atoms with E-state index >= 15 is 0 Å².